The normalized spacial score (nSPS) is 18.3. The summed E-state index contributed by atoms with van der Waals surface area (Å²) in [7, 11) is 0. The van der Waals surface area contributed by atoms with E-state index in [0.717, 1.165) is 18.5 Å². The van der Waals surface area contributed by atoms with Crippen LogP contribution in [0.5, 0.6) is 0 Å². The van der Waals surface area contributed by atoms with Crippen molar-refractivity contribution < 1.29 is 4.79 Å². The summed E-state index contributed by atoms with van der Waals surface area (Å²) >= 11 is 6.31. The minimum Gasteiger partial charge on any atom is -0.393 e. The van der Waals surface area contributed by atoms with Gasteiger partial charge in [-0.3, -0.25) is 4.79 Å². The molecule has 110 valence electrons. The highest BCUT2D eigenvalue weighted by Gasteiger charge is 2.35. The Morgan fingerprint density at radius 3 is 2.55 bits per heavy atom. The number of hydrogen-bond acceptors (Lipinski definition) is 5. The molecule has 2 rings (SSSR count). The quantitative estimate of drug-likeness (QED) is 0.866. The Kier molecular flexibility index (Phi) is 4.39. The van der Waals surface area contributed by atoms with Crippen LogP contribution in [-0.4, -0.2) is 38.5 Å². The summed E-state index contributed by atoms with van der Waals surface area (Å²) < 4.78 is 3.92. The fourth-order valence-corrected chi connectivity index (χ4v) is 3.31. The lowest BCUT2D eigenvalue weighted by Crippen LogP contribution is -2.46. The predicted octanol–water partition coefficient (Wildman–Crippen LogP) is 2.19. The van der Waals surface area contributed by atoms with Crippen molar-refractivity contribution in [2.45, 2.75) is 39.5 Å². The van der Waals surface area contributed by atoms with Gasteiger partial charge in [-0.1, -0.05) is 37.5 Å². The first kappa shape index (κ1) is 15.3. The Morgan fingerprint density at radius 2 is 2.05 bits per heavy atom. The average Bonchev–Trinajstić information content (AvgIpc) is 2.88. The number of nitrogens with zero attached hydrogens (tertiary/aromatic N) is 3. The van der Waals surface area contributed by atoms with Gasteiger partial charge in [-0.2, -0.15) is 0 Å². The van der Waals surface area contributed by atoms with Crippen LogP contribution in [0.4, 0.5) is 0 Å². The van der Waals surface area contributed by atoms with Gasteiger partial charge in [0.15, 0.2) is 0 Å². The van der Waals surface area contributed by atoms with E-state index in [1.54, 1.807) is 0 Å². The molecule has 1 aromatic rings. The topological polar surface area (TPSA) is 72.1 Å². The molecule has 0 saturated carbocycles. The second kappa shape index (κ2) is 5.73. The molecule has 1 saturated heterocycles. The van der Waals surface area contributed by atoms with Gasteiger partial charge in [0.2, 0.25) is 0 Å². The van der Waals surface area contributed by atoms with Gasteiger partial charge in [0, 0.05) is 18.5 Å². The number of likely N-dealkylation sites (tertiary alicyclic amines) is 1. The molecule has 1 amide bonds. The number of nitrogens with two attached hydrogens (primary N) is 1. The third-order valence-corrected chi connectivity index (χ3v) is 5.23. The molecule has 0 atom stereocenters. The predicted molar refractivity (Wildman–Crippen MR) is 84.0 cm³/mol. The molecule has 0 aromatic carbocycles. The number of piperidine rings is 1. The van der Waals surface area contributed by atoms with Gasteiger partial charge < -0.3 is 10.6 Å². The maximum atomic E-state index is 12.6. The van der Waals surface area contributed by atoms with E-state index in [4.69, 9.17) is 18.0 Å². The van der Waals surface area contributed by atoms with Gasteiger partial charge >= 0.3 is 0 Å². The molecule has 0 aliphatic carbocycles. The molecular formula is C13H20N4OS2. The molecule has 1 fully saturated rings. The van der Waals surface area contributed by atoms with Gasteiger partial charge in [-0.05, 0) is 30.3 Å². The summed E-state index contributed by atoms with van der Waals surface area (Å²) in [6.45, 7) is 7.48. The van der Waals surface area contributed by atoms with Crippen molar-refractivity contribution in [3.8, 4) is 0 Å². The monoisotopic (exact) mass is 312 g/mol. The van der Waals surface area contributed by atoms with Gasteiger partial charge in [-0.15, -0.1) is 5.10 Å². The van der Waals surface area contributed by atoms with E-state index in [-0.39, 0.29) is 17.2 Å². The summed E-state index contributed by atoms with van der Waals surface area (Å²) in [6.07, 6.45) is 1.63. The van der Waals surface area contributed by atoms with Crippen LogP contribution in [0.2, 0.25) is 0 Å². The van der Waals surface area contributed by atoms with Crippen molar-refractivity contribution in [3.63, 3.8) is 0 Å². The molecule has 20 heavy (non-hydrogen) atoms. The van der Waals surface area contributed by atoms with Crippen LogP contribution in [0, 0.1) is 5.41 Å². The third-order valence-electron chi connectivity index (χ3n) is 4.00. The zero-order valence-electron chi connectivity index (χ0n) is 12.0. The van der Waals surface area contributed by atoms with Crippen molar-refractivity contribution >= 4 is 34.6 Å². The summed E-state index contributed by atoms with van der Waals surface area (Å²) in [4.78, 5) is 15.6. The van der Waals surface area contributed by atoms with Crippen LogP contribution >= 0.6 is 23.8 Å². The smallest absolute Gasteiger partial charge is 0.267 e. The van der Waals surface area contributed by atoms with Crippen molar-refractivity contribution in [2.75, 3.05) is 13.1 Å². The minimum absolute atomic E-state index is 0.0358. The Balaban J connectivity index is 2.09. The molecule has 5 nitrogen and oxygen atoms in total. The average molecular weight is 312 g/mol. The lowest BCUT2D eigenvalue weighted by atomic mass is 9.80. The molecule has 7 heteroatoms. The van der Waals surface area contributed by atoms with Crippen LogP contribution in [0.1, 0.15) is 54.9 Å². The number of carbonyl (C=O) groups is 1. The molecule has 2 N–H and O–H groups in total. The number of rotatable bonds is 3. The SMILES string of the molecule is CC(C)c1nnsc1C(=O)N1CCC(C)(C(N)=S)CC1. The highest BCUT2D eigenvalue weighted by atomic mass is 32.1. The first-order chi connectivity index (χ1) is 9.35. The maximum absolute atomic E-state index is 12.6. The standard InChI is InChI=1S/C13H20N4OS2/c1-8(2)9-10(20-16-15-9)11(18)17-6-4-13(3,5-7-17)12(14)19/h8H,4-7H2,1-3H3,(H2,14,19). The fraction of sp³-hybridized carbons (Fsp3) is 0.692. The maximum Gasteiger partial charge on any atom is 0.267 e. The Morgan fingerprint density at radius 1 is 1.45 bits per heavy atom. The number of hydrogen-bond donors (Lipinski definition) is 1. The van der Waals surface area contributed by atoms with Gasteiger partial charge in [-0.25, -0.2) is 0 Å². The van der Waals surface area contributed by atoms with E-state index in [1.165, 1.54) is 11.5 Å². The van der Waals surface area contributed by atoms with Crippen molar-refractivity contribution in [1.29, 1.82) is 0 Å². The Hall–Kier alpha value is -1.08. The fourth-order valence-electron chi connectivity index (χ4n) is 2.32. The zero-order chi connectivity index (χ0) is 14.9. The summed E-state index contributed by atoms with van der Waals surface area (Å²) in [6, 6.07) is 0. The third kappa shape index (κ3) is 2.83. The van der Waals surface area contributed by atoms with E-state index in [0.29, 0.717) is 23.0 Å². The van der Waals surface area contributed by atoms with Crippen LogP contribution in [0.15, 0.2) is 0 Å². The second-order valence-corrected chi connectivity index (χ2v) is 7.05. The Bertz CT molecular complexity index is 518. The summed E-state index contributed by atoms with van der Waals surface area (Å²) in [5, 5.41) is 4.07. The zero-order valence-corrected chi connectivity index (χ0v) is 13.7. The van der Waals surface area contributed by atoms with Gasteiger partial charge in [0.25, 0.3) is 5.91 Å². The molecule has 0 unspecified atom stereocenters. The van der Waals surface area contributed by atoms with E-state index in [1.807, 2.05) is 18.7 Å². The number of amides is 1. The molecule has 1 aromatic heterocycles. The van der Waals surface area contributed by atoms with Crippen molar-refractivity contribution in [3.05, 3.63) is 10.6 Å². The lowest BCUT2D eigenvalue weighted by molar-refractivity contribution is 0.0673. The number of thiocarbonyl (C=S) groups is 1. The van der Waals surface area contributed by atoms with Crippen molar-refractivity contribution in [2.24, 2.45) is 11.1 Å². The largest absolute Gasteiger partial charge is 0.393 e. The minimum atomic E-state index is -0.126. The highest BCUT2D eigenvalue weighted by Crippen LogP contribution is 2.32. The molecule has 0 bridgehead atoms. The number of carbonyl (C=O) groups excluding carboxylic acids is 1. The van der Waals surface area contributed by atoms with Gasteiger partial charge in [0.05, 0.1) is 10.7 Å². The molecule has 1 aliphatic heterocycles. The molecule has 0 spiro atoms. The van der Waals surface area contributed by atoms with Crippen LogP contribution in [0.25, 0.3) is 0 Å². The summed E-state index contributed by atoms with van der Waals surface area (Å²) in [5.41, 5.74) is 6.46. The molecule has 0 radical (unpaired) electrons. The molecule has 1 aliphatic rings. The van der Waals surface area contributed by atoms with Crippen LogP contribution in [-0.2, 0) is 0 Å². The van der Waals surface area contributed by atoms with Crippen LogP contribution < -0.4 is 5.73 Å². The van der Waals surface area contributed by atoms with Crippen LogP contribution in [0.3, 0.4) is 0 Å². The highest BCUT2D eigenvalue weighted by molar-refractivity contribution is 7.80. The van der Waals surface area contributed by atoms with E-state index in [9.17, 15) is 4.79 Å². The Labute approximate surface area is 128 Å². The molecule has 2 heterocycles. The number of aromatic nitrogens is 2. The lowest BCUT2D eigenvalue weighted by Gasteiger charge is -2.38. The van der Waals surface area contributed by atoms with Gasteiger partial charge in [0.1, 0.15) is 4.88 Å². The summed E-state index contributed by atoms with van der Waals surface area (Å²) in [5.74, 6) is 0.244. The van der Waals surface area contributed by atoms with E-state index < -0.39 is 0 Å². The second-order valence-electron chi connectivity index (χ2n) is 5.86. The van der Waals surface area contributed by atoms with E-state index >= 15 is 0 Å². The first-order valence-corrected chi connectivity index (χ1v) is 7.95. The first-order valence-electron chi connectivity index (χ1n) is 6.76. The molecular weight excluding hydrogens is 292 g/mol. The van der Waals surface area contributed by atoms with Crippen molar-refractivity contribution in [1.82, 2.24) is 14.5 Å². The van der Waals surface area contributed by atoms with E-state index in [2.05, 4.69) is 16.5 Å².